The number of rotatable bonds is 4. The van der Waals surface area contributed by atoms with Crippen molar-refractivity contribution in [3.8, 4) is 0 Å². The lowest BCUT2D eigenvalue weighted by molar-refractivity contribution is -0.122. The van der Waals surface area contributed by atoms with E-state index >= 15 is 0 Å². The van der Waals surface area contributed by atoms with Crippen molar-refractivity contribution in [3.63, 3.8) is 0 Å². The molecule has 1 amide bonds. The molecule has 2 heterocycles. The lowest BCUT2D eigenvalue weighted by Crippen LogP contribution is -2.39. The molecule has 0 radical (unpaired) electrons. The molecule has 1 aromatic heterocycles. The predicted molar refractivity (Wildman–Crippen MR) is 58.3 cm³/mol. The van der Waals surface area contributed by atoms with E-state index in [2.05, 4.69) is 0 Å². The number of primary amides is 1. The molecule has 0 saturated carbocycles. The molecule has 1 unspecified atom stereocenters. The van der Waals surface area contributed by atoms with Gasteiger partial charge in [-0.1, -0.05) is 0 Å². The smallest absolute Gasteiger partial charge is 0.372 e. The number of carbonyl (C=O) groups is 2. The molecule has 1 aliphatic rings. The highest BCUT2D eigenvalue weighted by molar-refractivity contribution is 5.86. The molecule has 0 spiro atoms. The van der Waals surface area contributed by atoms with Crippen LogP contribution in [0.5, 0.6) is 0 Å². The number of aromatic carboxylic acids is 1. The molecular weight excluding hydrogens is 224 g/mol. The number of carboxylic acids is 1. The molecule has 0 aliphatic carbocycles. The van der Waals surface area contributed by atoms with E-state index in [1.165, 1.54) is 6.26 Å². The lowest BCUT2D eigenvalue weighted by Gasteiger charge is -2.21. The Morgan fingerprint density at radius 2 is 2.35 bits per heavy atom. The van der Waals surface area contributed by atoms with E-state index < -0.39 is 5.97 Å². The van der Waals surface area contributed by atoms with Gasteiger partial charge in [-0.05, 0) is 25.5 Å². The van der Waals surface area contributed by atoms with Crippen molar-refractivity contribution >= 4 is 11.9 Å². The summed E-state index contributed by atoms with van der Waals surface area (Å²) in [6.07, 6.45) is 2.97. The molecule has 0 bridgehead atoms. The highest BCUT2D eigenvalue weighted by Gasteiger charge is 2.30. The van der Waals surface area contributed by atoms with E-state index in [9.17, 15) is 9.59 Å². The minimum Gasteiger partial charge on any atom is -0.475 e. The Morgan fingerprint density at radius 3 is 3.00 bits per heavy atom. The molecular formula is C11H14N2O4. The summed E-state index contributed by atoms with van der Waals surface area (Å²) in [7, 11) is 0. The van der Waals surface area contributed by atoms with Crippen LogP contribution in [0.2, 0.25) is 0 Å². The number of carbonyl (C=O) groups excluding carboxylic acids is 1. The maximum atomic E-state index is 11.2. The van der Waals surface area contributed by atoms with E-state index in [0.717, 1.165) is 19.4 Å². The SMILES string of the molecule is NC(=O)C1CCCN1Cc1ccoc1C(=O)O. The first-order valence-corrected chi connectivity index (χ1v) is 5.42. The number of furan rings is 1. The van der Waals surface area contributed by atoms with Crippen molar-refractivity contribution in [1.29, 1.82) is 0 Å². The molecule has 2 rings (SSSR count). The summed E-state index contributed by atoms with van der Waals surface area (Å²) in [5, 5.41) is 8.90. The van der Waals surface area contributed by atoms with Crippen LogP contribution in [0.1, 0.15) is 29.0 Å². The van der Waals surface area contributed by atoms with Gasteiger partial charge in [0, 0.05) is 12.1 Å². The van der Waals surface area contributed by atoms with Gasteiger partial charge in [0.2, 0.25) is 11.7 Å². The summed E-state index contributed by atoms with van der Waals surface area (Å²) >= 11 is 0. The van der Waals surface area contributed by atoms with Gasteiger partial charge in [-0.3, -0.25) is 9.69 Å². The maximum Gasteiger partial charge on any atom is 0.372 e. The van der Waals surface area contributed by atoms with Crippen molar-refractivity contribution in [2.75, 3.05) is 6.54 Å². The van der Waals surface area contributed by atoms with Crippen LogP contribution in [0.15, 0.2) is 16.7 Å². The Hall–Kier alpha value is -1.82. The Labute approximate surface area is 98.0 Å². The zero-order chi connectivity index (χ0) is 12.4. The minimum atomic E-state index is -1.10. The monoisotopic (exact) mass is 238 g/mol. The van der Waals surface area contributed by atoms with Crippen molar-refractivity contribution in [2.24, 2.45) is 5.73 Å². The molecule has 1 saturated heterocycles. The number of carboxylic acid groups (broad SMARTS) is 1. The maximum absolute atomic E-state index is 11.2. The third-order valence-electron chi connectivity index (χ3n) is 3.01. The number of hydrogen-bond acceptors (Lipinski definition) is 4. The highest BCUT2D eigenvalue weighted by atomic mass is 16.4. The van der Waals surface area contributed by atoms with E-state index in [1.807, 2.05) is 4.90 Å². The predicted octanol–water partition coefficient (Wildman–Crippen LogP) is 0.427. The third-order valence-corrected chi connectivity index (χ3v) is 3.01. The molecule has 92 valence electrons. The summed E-state index contributed by atoms with van der Waals surface area (Å²) in [4.78, 5) is 24.0. The lowest BCUT2D eigenvalue weighted by atomic mass is 10.2. The Morgan fingerprint density at radius 1 is 1.59 bits per heavy atom. The fraction of sp³-hybridized carbons (Fsp3) is 0.455. The van der Waals surface area contributed by atoms with Crippen LogP contribution in [0.4, 0.5) is 0 Å². The van der Waals surface area contributed by atoms with Crippen LogP contribution >= 0.6 is 0 Å². The van der Waals surface area contributed by atoms with Crippen LogP contribution in [-0.4, -0.2) is 34.5 Å². The number of nitrogens with two attached hydrogens (primary N) is 1. The second-order valence-corrected chi connectivity index (χ2v) is 4.11. The molecule has 6 nitrogen and oxygen atoms in total. The molecule has 6 heteroatoms. The van der Waals surface area contributed by atoms with E-state index in [1.54, 1.807) is 6.07 Å². The first kappa shape index (κ1) is 11.7. The highest BCUT2D eigenvalue weighted by Crippen LogP contribution is 2.21. The molecule has 1 atom stereocenters. The second-order valence-electron chi connectivity index (χ2n) is 4.11. The van der Waals surface area contributed by atoms with Gasteiger partial charge in [0.25, 0.3) is 0 Å². The van der Waals surface area contributed by atoms with Gasteiger partial charge >= 0.3 is 5.97 Å². The van der Waals surface area contributed by atoms with Crippen molar-refractivity contribution in [2.45, 2.75) is 25.4 Å². The van der Waals surface area contributed by atoms with Gasteiger partial charge in [0.05, 0.1) is 12.3 Å². The Bertz CT molecular complexity index is 440. The molecule has 1 fully saturated rings. The summed E-state index contributed by atoms with van der Waals surface area (Å²) in [5.74, 6) is -1.53. The summed E-state index contributed by atoms with van der Waals surface area (Å²) in [5.41, 5.74) is 5.87. The normalized spacial score (nSPS) is 20.6. The van der Waals surface area contributed by atoms with Gasteiger partial charge in [-0.25, -0.2) is 4.79 Å². The first-order valence-electron chi connectivity index (χ1n) is 5.42. The average molecular weight is 238 g/mol. The number of likely N-dealkylation sites (tertiary alicyclic amines) is 1. The van der Waals surface area contributed by atoms with Crippen molar-refractivity contribution in [1.82, 2.24) is 4.90 Å². The minimum absolute atomic E-state index is 0.0693. The van der Waals surface area contributed by atoms with Crippen LogP contribution in [0.25, 0.3) is 0 Å². The average Bonchev–Trinajstić information content (AvgIpc) is 2.86. The quantitative estimate of drug-likeness (QED) is 0.792. The molecule has 17 heavy (non-hydrogen) atoms. The van der Waals surface area contributed by atoms with Gasteiger partial charge in [-0.2, -0.15) is 0 Å². The van der Waals surface area contributed by atoms with Crippen LogP contribution in [-0.2, 0) is 11.3 Å². The zero-order valence-corrected chi connectivity index (χ0v) is 9.26. The van der Waals surface area contributed by atoms with Gasteiger partial charge < -0.3 is 15.3 Å². The van der Waals surface area contributed by atoms with Crippen LogP contribution < -0.4 is 5.73 Å². The Kier molecular flexibility index (Phi) is 3.14. The second kappa shape index (κ2) is 4.58. The molecule has 1 aliphatic heterocycles. The molecule has 1 aromatic rings. The first-order chi connectivity index (χ1) is 8.09. The van der Waals surface area contributed by atoms with E-state index in [-0.39, 0.29) is 17.7 Å². The van der Waals surface area contributed by atoms with Crippen LogP contribution in [0, 0.1) is 0 Å². The standard InChI is InChI=1S/C11H14N2O4/c12-10(14)8-2-1-4-13(8)6-7-3-5-17-9(7)11(15)16/h3,5,8H,1-2,4,6H2,(H2,12,14)(H,15,16). The Balaban J connectivity index is 2.12. The van der Waals surface area contributed by atoms with Crippen molar-refractivity contribution in [3.05, 3.63) is 23.7 Å². The third kappa shape index (κ3) is 2.31. The van der Waals surface area contributed by atoms with Crippen molar-refractivity contribution < 1.29 is 19.1 Å². The summed E-state index contributed by atoms with van der Waals surface area (Å²) in [6, 6.07) is 1.31. The molecule has 3 N–H and O–H groups in total. The summed E-state index contributed by atoms with van der Waals surface area (Å²) < 4.78 is 4.89. The van der Waals surface area contributed by atoms with Gasteiger partial charge in [0.1, 0.15) is 0 Å². The summed E-state index contributed by atoms with van der Waals surface area (Å²) in [6.45, 7) is 1.13. The van der Waals surface area contributed by atoms with Gasteiger partial charge in [-0.15, -0.1) is 0 Å². The van der Waals surface area contributed by atoms with Gasteiger partial charge in [0.15, 0.2) is 0 Å². The van der Waals surface area contributed by atoms with Crippen LogP contribution in [0.3, 0.4) is 0 Å². The largest absolute Gasteiger partial charge is 0.475 e. The topological polar surface area (TPSA) is 96.8 Å². The fourth-order valence-electron chi connectivity index (χ4n) is 2.20. The van der Waals surface area contributed by atoms with E-state index in [0.29, 0.717) is 12.1 Å². The molecule has 0 aromatic carbocycles. The fourth-order valence-corrected chi connectivity index (χ4v) is 2.20. The zero-order valence-electron chi connectivity index (χ0n) is 9.26. The number of nitrogens with zero attached hydrogens (tertiary/aromatic N) is 1. The number of amides is 1. The number of hydrogen-bond donors (Lipinski definition) is 2. The van der Waals surface area contributed by atoms with E-state index in [4.69, 9.17) is 15.3 Å².